The normalized spacial score (nSPS) is 13.3. The van der Waals surface area contributed by atoms with Crippen molar-refractivity contribution in [3.63, 3.8) is 0 Å². The molecule has 4 heteroatoms. The van der Waals surface area contributed by atoms with Gasteiger partial charge in [0.1, 0.15) is 5.60 Å². The van der Waals surface area contributed by atoms with Gasteiger partial charge in [-0.05, 0) is 40.7 Å². The van der Waals surface area contributed by atoms with E-state index in [1.165, 1.54) is 0 Å². The first-order chi connectivity index (χ1) is 7.39. The van der Waals surface area contributed by atoms with E-state index < -0.39 is 5.60 Å². The summed E-state index contributed by atoms with van der Waals surface area (Å²) < 4.78 is 5.14. The van der Waals surface area contributed by atoms with Crippen molar-refractivity contribution in [3.05, 3.63) is 0 Å². The lowest BCUT2D eigenvalue weighted by atomic mass is 10.1. The second-order valence-corrected chi connectivity index (χ2v) is 4.99. The second-order valence-electron chi connectivity index (χ2n) is 4.99. The summed E-state index contributed by atoms with van der Waals surface area (Å²) in [6.07, 6.45) is 2.88. The number of ether oxygens (including phenoxy) is 1. The first-order valence-corrected chi connectivity index (χ1v) is 6.03. The minimum atomic E-state index is -0.421. The molecule has 0 aliphatic heterocycles. The maximum Gasteiger partial charge on any atom is 0.407 e. The Kier molecular flexibility index (Phi) is 7.13. The quantitative estimate of drug-likeness (QED) is 0.736. The maximum absolute atomic E-state index is 11.3. The molecule has 0 aromatic heterocycles. The number of carbonyl (C=O) groups excluding carboxylic acids is 1. The molecule has 0 saturated carbocycles. The number of rotatable bonds is 6. The molecule has 0 radical (unpaired) electrons. The van der Waals surface area contributed by atoms with Crippen LogP contribution in [0.2, 0.25) is 0 Å². The van der Waals surface area contributed by atoms with E-state index in [0.29, 0.717) is 12.6 Å². The van der Waals surface area contributed by atoms with Gasteiger partial charge < -0.3 is 15.4 Å². The van der Waals surface area contributed by atoms with Crippen molar-refractivity contribution in [2.75, 3.05) is 13.6 Å². The Balaban J connectivity index is 3.68. The van der Waals surface area contributed by atoms with Crippen molar-refractivity contribution in [2.45, 2.75) is 58.6 Å². The van der Waals surface area contributed by atoms with Gasteiger partial charge in [-0.3, -0.25) is 0 Å². The molecule has 16 heavy (non-hydrogen) atoms. The van der Waals surface area contributed by atoms with E-state index in [1.807, 2.05) is 27.8 Å². The fourth-order valence-electron chi connectivity index (χ4n) is 1.44. The Morgan fingerprint density at radius 3 is 2.38 bits per heavy atom. The minimum Gasteiger partial charge on any atom is -0.444 e. The molecular formula is C12H26N2O2. The smallest absolute Gasteiger partial charge is 0.407 e. The van der Waals surface area contributed by atoms with Gasteiger partial charge in [0.05, 0.1) is 0 Å². The molecule has 0 rings (SSSR count). The Labute approximate surface area is 99.1 Å². The molecule has 0 bridgehead atoms. The summed E-state index contributed by atoms with van der Waals surface area (Å²) >= 11 is 0. The highest BCUT2D eigenvalue weighted by Gasteiger charge is 2.15. The van der Waals surface area contributed by atoms with Crippen molar-refractivity contribution < 1.29 is 9.53 Å². The summed E-state index contributed by atoms with van der Waals surface area (Å²) in [5.41, 5.74) is -0.421. The lowest BCUT2D eigenvalue weighted by Crippen LogP contribution is -2.36. The minimum absolute atomic E-state index is 0.334. The predicted molar refractivity (Wildman–Crippen MR) is 66.6 cm³/mol. The third-order valence-corrected chi connectivity index (χ3v) is 2.21. The average molecular weight is 230 g/mol. The first kappa shape index (κ1) is 15.2. The third-order valence-electron chi connectivity index (χ3n) is 2.21. The van der Waals surface area contributed by atoms with Gasteiger partial charge in [0.15, 0.2) is 0 Å². The van der Waals surface area contributed by atoms with Crippen molar-refractivity contribution in [2.24, 2.45) is 0 Å². The predicted octanol–water partition coefficient (Wildman–Crippen LogP) is 2.29. The monoisotopic (exact) mass is 230 g/mol. The van der Waals surface area contributed by atoms with E-state index in [0.717, 1.165) is 19.3 Å². The fourth-order valence-corrected chi connectivity index (χ4v) is 1.44. The van der Waals surface area contributed by atoms with Crippen LogP contribution in [0.5, 0.6) is 0 Å². The molecule has 1 atom stereocenters. The number of hydrogen-bond acceptors (Lipinski definition) is 3. The summed E-state index contributed by atoms with van der Waals surface area (Å²) in [6.45, 7) is 8.40. The van der Waals surface area contributed by atoms with Crippen LogP contribution in [-0.2, 0) is 4.74 Å². The van der Waals surface area contributed by atoms with Gasteiger partial charge in [-0.1, -0.05) is 13.3 Å². The van der Waals surface area contributed by atoms with Crippen molar-refractivity contribution in [1.29, 1.82) is 0 Å². The number of hydrogen-bond donors (Lipinski definition) is 2. The average Bonchev–Trinajstić information content (AvgIpc) is 2.13. The molecule has 0 aliphatic rings. The Hall–Kier alpha value is -0.770. The van der Waals surface area contributed by atoms with Gasteiger partial charge in [-0.2, -0.15) is 0 Å². The summed E-state index contributed by atoms with van der Waals surface area (Å²) in [6, 6.07) is 0.472. The Bertz CT molecular complexity index is 200. The van der Waals surface area contributed by atoms with E-state index in [-0.39, 0.29) is 6.09 Å². The van der Waals surface area contributed by atoms with Gasteiger partial charge in [0, 0.05) is 12.6 Å². The standard InChI is InChI=1S/C12H26N2O2/c1-6-7-10(13-5)8-9-14-11(15)16-12(2,3)4/h10,13H,6-9H2,1-5H3,(H,14,15). The zero-order chi connectivity index (χ0) is 12.6. The first-order valence-electron chi connectivity index (χ1n) is 6.03. The van der Waals surface area contributed by atoms with Gasteiger partial charge in [-0.25, -0.2) is 4.79 Å². The van der Waals surface area contributed by atoms with Gasteiger partial charge in [-0.15, -0.1) is 0 Å². The SMILES string of the molecule is CCCC(CCNC(=O)OC(C)(C)C)NC. The molecule has 0 aliphatic carbocycles. The van der Waals surface area contributed by atoms with E-state index in [9.17, 15) is 4.79 Å². The van der Waals surface area contributed by atoms with Crippen LogP contribution in [0, 0.1) is 0 Å². The largest absolute Gasteiger partial charge is 0.444 e. The highest BCUT2D eigenvalue weighted by molar-refractivity contribution is 5.67. The Morgan fingerprint density at radius 2 is 1.94 bits per heavy atom. The molecular weight excluding hydrogens is 204 g/mol. The van der Waals surface area contributed by atoms with Crippen molar-refractivity contribution in [3.8, 4) is 0 Å². The Morgan fingerprint density at radius 1 is 1.31 bits per heavy atom. The highest BCUT2D eigenvalue weighted by atomic mass is 16.6. The lowest BCUT2D eigenvalue weighted by Gasteiger charge is -2.20. The van der Waals surface area contributed by atoms with Crippen LogP contribution in [0.15, 0.2) is 0 Å². The topological polar surface area (TPSA) is 50.4 Å². The fraction of sp³-hybridized carbons (Fsp3) is 0.917. The summed E-state index contributed by atoms with van der Waals surface area (Å²) in [7, 11) is 1.95. The van der Waals surface area contributed by atoms with Gasteiger partial charge in [0.2, 0.25) is 0 Å². The van der Waals surface area contributed by atoms with E-state index in [1.54, 1.807) is 0 Å². The van der Waals surface area contributed by atoms with Crippen LogP contribution in [-0.4, -0.2) is 31.3 Å². The summed E-state index contributed by atoms with van der Waals surface area (Å²) in [5, 5.41) is 5.99. The zero-order valence-electron chi connectivity index (χ0n) is 11.2. The number of amides is 1. The van der Waals surface area contributed by atoms with Crippen LogP contribution in [0.3, 0.4) is 0 Å². The van der Waals surface area contributed by atoms with Crippen molar-refractivity contribution in [1.82, 2.24) is 10.6 Å². The lowest BCUT2D eigenvalue weighted by molar-refractivity contribution is 0.0526. The van der Waals surface area contributed by atoms with Crippen LogP contribution in [0.1, 0.15) is 47.0 Å². The third kappa shape index (κ3) is 8.53. The summed E-state index contributed by atoms with van der Waals surface area (Å²) in [5.74, 6) is 0. The molecule has 0 saturated heterocycles. The van der Waals surface area contributed by atoms with Crippen LogP contribution in [0.25, 0.3) is 0 Å². The highest BCUT2D eigenvalue weighted by Crippen LogP contribution is 2.06. The van der Waals surface area contributed by atoms with E-state index in [4.69, 9.17) is 4.74 Å². The molecule has 0 spiro atoms. The van der Waals surface area contributed by atoms with Gasteiger partial charge in [0.25, 0.3) is 0 Å². The number of carbonyl (C=O) groups is 1. The van der Waals surface area contributed by atoms with Gasteiger partial charge >= 0.3 is 6.09 Å². The van der Waals surface area contributed by atoms with Crippen LogP contribution in [0.4, 0.5) is 4.79 Å². The molecule has 0 fully saturated rings. The molecule has 1 unspecified atom stereocenters. The molecule has 96 valence electrons. The number of nitrogens with one attached hydrogen (secondary N) is 2. The molecule has 0 heterocycles. The molecule has 0 aromatic carbocycles. The van der Waals surface area contributed by atoms with E-state index in [2.05, 4.69) is 17.6 Å². The molecule has 4 nitrogen and oxygen atoms in total. The van der Waals surface area contributed by atoms with E-state index >= 15 is 0 Å². The van der Waals surface area contributed by atoms with Crippen LogP contribution >= 0.6 is 0 Å². The molecule has 2 N–H and O–H groups in total. The molecule has 1 amide bonds. The second kappa shape index (κ2) is 7.49. The summed E-state index contributed by atoms with van der Waals surface area (Å²) in [4.78, 5) is 11.3. The van der Waals surface area contributed by atoms with Crippen LogP contribution < -0.4 is 10.6 Å². The zero-order valence-corrected chi connectivity index (χ0v) is 11.2. The molecule has 0 aromatic rings. The maximum atomic E-state index is 11.3. The van der Waals surface area contributed by atoms with Crippen molar-refractivity contribution >= 4 is 6.09 Å². The number of alkyl carbamates (subject to hydrolysis) is 1.